The third kappa shape index (κ3) is 44.7. The molecule has 0 atom stereocenters. The molecule has 0 saturated heterocycles. The van der Waals surface area contributed by atoms with Gasteiger partial charge in [-0.15, -0.1) is 84.4 Å². The second-order valence-corrected chi connectivity index (χ2v) is 20.4. The van der Waals surface area contributed by atoms with E-state index in [2.05, 4.69) is 12.1 Å². The summed E-state index contributed by atoms with van der Waals surface area (Å²) in [6, 6.07) is 39.9. The molecule has 0 amide bonds. The second-order valence-electron chi connectivity index (χ2n) is 10.8. The van der Waals surface area contributed by atoms with E-state index in [0.29, 0.717) is 27.7 Å². The zero-order valence-electron chi connectivity index (χ0n) is 34.1. The summed E-state index contributed by atoms with van der Waals surface area (Å²) in [6.07, 6.45) is 0. The van der Waals surface area contributed by atoms with E-state index >= 15 is 0 Å². The molecule has 5 aromatic carbocycles. The molecule has 1 heterocycles. The van der Waals surface area contributed by atoms with E-state index in [9.17, 15) is 0 Å². The van der Waals surface area contributed by atoms with Crippen LogP contribution >= 0.6 is 97.6 Å². The maximum atomic E-state index is 8.82. The van der Waals surface area contributed by atoms with Gasteiger partial charge in [-0.25, -0.2) is 0 Å². The van der Waals surface area contributed by atoms with Gasteiger partial charge in [0.25, 0.3) is 0 Å². The predicted octanol–water partition coefficient (Wildman–Crippen LogP) is 3.15. The van der Waals surface area contributed by atoms with Gasteiger partial charge in [-0.05, 0) is 77.7 Å². The fourth-order valence-electron chi connectivity index (χ4n) is 4.45. The molecule has 0 aliphatic carbocycles. The molecule has 1 aromatic heterocycles. The number of halogens is 8. The normalized spacial score (nSPS) is 8.45. The van der Waals surface area contributed by atoms with E-state index in [1.165, 1.54) is 0 Å². The summed E-state index contributed by atoms with van der Waals surface area (Å²) >= 11 is -9.02. The van der Waals surface area contributed by atoms with Crippen LogP contribution in [0, 0.1) is 6.92 Å². The van der Waals surface area contributed by atoms with E-state index in [1.807, 2.05) is 116 Å². The van der Waals surface area contributed by atoms with Gasteiger partial charge in [-0.3, -0.25) is 0 Å². The van der Waals surface area contributed by atoms with Crippen LogP contribution in [0.4, 0.5) is 0 Å². The van der Waals surface area contributed by atoms with Crippen LogP contribution in [0.2, 0.25) is 10.0 Å². The molecule has 386 valence electrons. The number of benzene rings is 5. The summed E-state index contributed by atoms with van der Waals surface area (Å²) < 4.78 is 146. The summed E-state index contributed by atoms with van der Waals surface area (Å²) in [6.45, 7) is 2.05. The fraction of sp³-hybridized carbons (Fsp3) is 0.0294. The van der Waals surface area contributed by atoms with E-state index < -0.39 is 126 Å². The number of hydrogen-bond acceptors (Lipinski definition) is 8. The van der Waals surface area contributed by atoms with Gasteiger partial charge < -0.3 is 0 Å². The molecule has 6 radical (unpaired) electrons. The van der Waals surface area contributed by atoms with Crippen molar-refractivity contribution in [3.8, 4) is 56.6 Å². The monoisotopic (exact) mass is 1790 g/mol. The molecular weight excluding hydrogens is 1750 g/mol. The molecule has 0 aliphatic heterocycles. The molecule has 0 bridgehead atoms. The van der Waals surface area contributed by atoms with Crippen LogP contribution in [-0.4, -0.2) is 177 Å². The quantitative estimate of drug-likeness (QED) is 0.0871. The number of rotatable bonds is 5. The number of nitrogens with zero attached hydrogens (tertiary/aromatic N) is 2. The Morgan fingerprint density at radius 3 is 0.942 bits per heavy atom. The Balaban J connectivity index is -0.000000216. The minimum absolute atomic E-state index is 0. The maximum absolute atomic E-state index is 8.82. The zero-order chi connectivity index (χ0) is 48.2. The van der Waals surface area contributed by atoms with Crippen LogP contribution in [-0.2, 0) is 18.1 Å². The standard InChI is InChI=1S/C34H23Cl2N2O.6ClH.12H2O.6O.6Sb/c1-22-12-14-25(15-13-22)33-37-32(28-16-26(18-30(35)20-28)23-8-4-2-5-9-23)38-34(39-33)29-17-27(19-31(36)21-29)24-10-6-3-7-11-24;;;;;;;;;;;;;;;;;;;;;;;;;;;;;;/h2-21H,1H3;6*1H;12*1H2;;;;;;;;;;;;/q+1;;;;;;;;;;;;;;;;;;;;;;;;;6*+2/p-12. The average molecular weight is 1800 g/mol. The molecule has 12 N–H and O–H groups in total. The van der Waals surface area contributed by atoms with Crippen LogP contribution in [0.3, 0.4) is 0 Å². The first-order chi connectivity index (χ1) is 29.4. The van der Waals surface area contributed by atoms with Gasteiger partial charge in [0.15, 0.2) is 5.82 Å². The Morgan fingerprint density at radius 2 is 0.623 bits per heavy atom. The van der Waals surface area contributed by atoms with Crippen LogP contribution in [0.5, 0.6) is 0 Å². The van der Waals surface area contributed by atoms with E-state index in [-0.39, 0.29) is 74.4 Å². The summed E-state index contributed by atoms with van der Waals surface area (Å²) in [5.41, 5.74) is 7.61. The Kier molecular flexibility index (Phi) is 58.6. The molecule has 69 heavy (non-hydrogen) atoms. The van der Waals surface area contributed by atoms with Gasteiger partial charge in [-0.2, -0.15) is 4.42 Å². The Labute approximate surface area is 490 Å². The average Bonchev–Trinajstić information content (AvgIpc) is 3.17. The van der Waals surface area contributed by atoms with Crippen molar-refractivity contribution in [3.63, 3.8) is 0 Å². The Morgan fingerprint density at radius 1 is 0.362 bits per heavy atom. The molecule has 0 unspecified atom stereocenters. The number of hydrogen-bond donors (Lipinski definition) is 12. The van der Waals surface area contributed by atoms with Crippen molar-refractivity contribution < 1.29 is 63.1 Å². The van der Waals surface area contributed by atoms with Gasteiger partial charge in [0, 0.05) is 15.6 Å². The Hall–Kier alpha value is 0.659. The van der Waals surface area contributed by atoms with E-state index in [4.69, 9.17) is 96.3 Å². The summed E-state index contributed by atoms with van der Waals surface area (Å²) in [4.78, 5) is 9.71. The summed E-state index contributed by atoms with van der Waals surface area (Å²) in [5, 5.41) is 1.19. The molecule has 0 fully saturated rings. The third-order valence-corrected chi connectivity index (χ3v) is 6.86. The van der Waals surface area contributed by atoms with Gasteiger partial charge in [0.1, 0.15) is 11.1 Å². The van der Waals surface area contributed by atoms with Crippen molar-refractivity contribution in [2.45, 2.75) is 6.92 Å². The van der Waals surface area contributed by atoms with E-state index in [1.54, 1.807) is 0 Å². The van der Waals surface area contributed by atoms with Crippen LogP contribution < -0.4 is 0 Å². The summed E-state index contributed by atoms with van der Waals surface area (Å²) in [7, 11) is 0. The third-order valence-electron chi connectivity index (χ3n) is 6.42. The van der Waals surface area contributed by atoms with Gasteiger partial charge in [-0.1, -0.05) is 102 Å². The topological polar surface area (TPSA) is 382 Å². The molecule has 0 saturated carbocycles. The summed E-state index contributed by atoms with van der Waals surface area (Å²) in [5.74, 6) is 1.38. The minimum atomic E-state index is -3.70. The molecular formula is C34H41Cl8N2O19Sb6+. The van der Waals surface area contributed by atoms with Crippen molar-refractivity contribution in [1.29, 1.82) is 0 Å². The van der Waals surface area contributed by atoms with Gasteiger partial charge >= 0.3 is 197 Å². The van der Waals surface area contributed by atoms with Crippen molar-refractivity contribution in [2.75, 3.05) is 0 Å². The molecule has 6 aromatic rings. The van der Waals surface area contributed by atoms with Crippen molar-refractivity contribution >= 4 is 224 Å². The molecule has 0 spiro atoms. The van der Waals surface area contributed by atoms with Crippen LogP contribution in [0.25, 0.3) is 56.6 Å². The molecule has 35 heteroatoms. The first-order valence-corrected chi connectivity index (χ1v) is 36.7. The predicted molar refractivity (Wildman–Crippen MR) is 269 cm³/mol. The van der Waals surface area contributed by atoms with Crippen LogP contribution in [0.1, 0.15) is 5.56 Å². The van der Waals surface area contributed by atoms with E-state index in [0.717, 1.165) is 44.5 Å². The Bertz CT molecular complexity index is 2240. The molecule has 21 nitrogen and oxygen atoms in total. The first kappa shape index (κ1) is 83.6. The molecule has 6 rings (SSSR count). The SMILES string of the molecule is Cc1ccc(-c2nc(-c3cc(Cl)cc(-c4ccccc4)c3)nc(-c3cc(Cl)cc(-c4ccccc4)c3)[o+]2)cc1.Cl.Cl.Cl.Cl.Cl.Cl.[O]=[Sb]([OH])[OH].[O]=[Sb]([OH])[OH].[O]=[Sb]([OH])[OH].[O]=[Sb]([OH])[OH].[O]=[Sb]([OH])[OH].[O]=[Sb]([OH])[OH]. The fourth-order valence-corrected chi connectivity index (χ4v) is 4.92. The van der Waals surface area contributed by atoms with Gasteiger partial charge in [0.2, 0.25) is 0 Å². The molecule has 0 aliphatic rings. The van der Waals surface area contributed by atoms with Crippen molar-refractivity contribution in [2.24, 2.45) is 0 Å². The second kappa shape index (κ2) is 48.3. The number of aromatic nitrogens is 2. The number of aryl methyl sites for hydroxylation is 1. The zero-order valence-corrected chi connectivity index (χ0v) is 55.8. The van der Waals surface area contributed by atoms with Gasteiger partial charge in [0.05, 0.1) is 0 Å². The van der Waals surface area contributed by atoms with Crippen LogP contribution in [0.15, 0.2) is 126 Å². The van der Waals surface area contributed by atoms with Crippen molar-refractivity contribution in [3.05, 3.63) is 137 Å². The van der Waals surface area contributed by atoms with Crippen molar-refractivity contribution in [1.82, 2.24) is 9.97 Å². The first-order valence-electron chi connectivity index (χ1n) is 16.0.